The van der Waals surface area contributed by atoms with E-state index in [9.17, 15) is 20.0 Å². The van der Waals surface area contributed by atoms with Crippen LogP contribution in [0.1, 0.15) is 27.0 Å². The molecule has 0 saturated heterocycles. The lowest BCUT2D eigenvalue weighted by atomic mass is 10.1. The summed E-state index contributed by atoms with van der Waals surface area (Å²) in [5.74, 6) is -1.60. The van der Waals surface area contributed by atoms with Crippen molar-refractivity contribution in [2.45, 2.75) is 19.9 Å². The zero-order valence-corrected chi connectivity index (χ0v) is 17.2. The number of azo groups is 1. The second-order valence-corrected chi connectivity index (χ2v) is 7.05. The minimum atomic E-state index is -1.18. The van der Waals surface area contributed by atoms with Gasteiger partial charge in [-0.15, -0.1) is 5.11 Å². The number of carbonyl (C=O) groups is 1. The lowest BCUT2D eigenvalue weighted by molar-refractivity contribution is 0.0697. The SMILES string of the molecule is Cc1c(C#N)c(O)n(CCc2ccccc2)c(=O)c1N=Nc1ccc(C(=O)O)c(Cl)c1. The smallest absolute Gasteiger partial charge is 0.337 e. The Labute approximate surface area is 182 Å². The highest BCUT2D eigenvalue weighted by Crippen LogP contribution is 2.28. The molecule has 0 unspecified atom stereocenters. The maximum Gasteiger partial charge on any atom is 0.337 e. The number of hydrogen-bond donors (Lipinski definition) is 2. The molecule has 0 aliphatic heterocycles. The first-order valence-corrected chi connectivity index (χ1v) is 9.56. The summed E-state index contributed by atoms with van der Waals surface area (Å²) in [4.78, 5) is 24.0. The van der Waals surface area contributed by atoms with Crippen LogP contribution in [0.25, 0.3) is 0 Å². The molecule has 0 saturated carbocycles. The molecule has 1 aromatic heterocycles. The molecule has 8 nitrogen and oxygen atoms in total. The first-order chi connectivity index (χ1) is 14.8. The van der Waals surface area contributed by atoms with Crippen molar-refractivity contribution in [3.05, 3.63) is 86.2 Å². The molecule has 0 amide bonds. The van der Waals surface area contributed by atoms with Crippen LogP contribution in [0.15, 0.2) is 63.6 Å². The van der Waals surface area contributed by atoms with E-state index in [1.54, 1.807) is 0 Å². The lowest BCUT2D eigenvalue weighted by Gasteiger charge is -2.13. The molecule has 1 heterocycles. The number of halogens is 1. The Balaban J connectivity index is 2.01. The minimum absolute atomic E-state index is 0.0237. The number of benzene rings is 2. The maximum atomic E-state index is 13.0. The Morgan fingerprint density at radius 1 is 1.19 bits per heavy atom. The van der Waals surface area contributed by atoms with E-state index in [4.69, 9.17) is 16.7 Å². The van der Waals surface area contributed by atoms with Gasteiger partial charge in [-0.05, 0) is 37.1 Å². The van der Waals surface area contributed by atoms with Crippen LogP contribution in [-0.2, 0) is 13.0 Å². The van der Waals surface area contributed by atoms with Crippen LogP contribution in [0.4, 0.5) is 11.4 Å². The van der Waals surface area contributed by atoms with Gasteiger partial charge in [-0.3, -0.25) is 9.36 Å². The molecule has 2 aromatic carbocycles. The number of aromatic nitrogens is 1. The highest BCUT2D eigenvalue weighted by atomic mass is 35.5. The Kier molecular flexibility index (Phi) is 6.48. The number of nitrogens with zero attached hydrogens (tertiary/aromatic N) is 4. The van der Waals surface area contributed by atoms with Crippen LogP contribution in [0.5, 0.6) is 5.88 Å². The lowest BCUT2D eigenvalue weighted by Crippen LogP contribution is -2.22. The summed E-state index contributed by atoms with van der Waals surface area (Å²) in [5, 5.41) is 36.9. The largest absolute Gasteiger partial charge is 0.493 e. The molecule has 156 valence electrons. The first kappa shape index (κ1) is 21.7. The van der Waals surface area contributed by atoms with Gasteiger partial charge in [0.15, 0.2) is 5.69 Å². The third kappa shape index (κ3) is 4.63. The molecule has 0 atom stereocenters. The Hall–Kier alpha value is -3.96. The van der Waals surface area contributed by atoms with E-state index in [-0.39, 0.29) is 39.6 Å². The number of nitriles is 1. The molecule has 0 bridgehead atoms. The highest BCUT2D eigenvalue weighted by Gasteiger charge is 2.19. The van der Waals surface area contributed by atoms with Gasteiger partial charge in [-0.2, -0.15) is 10.4 Å². The fourth-order valence-corrected chi connectivity index (χ4v) is 3.25. The summed E-state index contributed by atoms with van der Waals surface area (Å²) in [6.45, 7) is 1.64. The number of aromatic hydroxyl groups is 1. The molecule has 9 heteroatoms. The molecule has 0 aliphatic carbocycles. The number of rotatable bonds is 6. The van der Waals surface area contributed by atoms with Crippen molar-refractivity contribution < 1.29 is 15.0 Å². The fraction of sp³-hybridized carbons (Fsp3) is 0.136. The number of pyridine rings is 1. The average molecular weight is 437 g/mol. The van der Waals surface area contributed by atoms with Gasteiger partial charge in [0.05, 0.1) is 16.3 Å². The van der Waals surface area contributed by atoms with Crippen LogP contribution < -0.4 is 5.56 Å². The number of hydrogen-bond acceptors (Lipinski definition) is 6. The molecule has 2 N–H and O–H groups in total. The van der Waals surface area contributed by atoms with Gasteiger partial charge in [-0.25, -0.2) is 4.79 Å². The van der Waals surface area contributed by atoms with E-state index in [1.807, 2.05) is 36.4 Å². The normalized spacial score (nSPS) is 10.9. The number of aromatic carboxylic acids is 1. The summed E-state index contributed by atoms with van der Waals surface area (Å²) in [6.07, 6.45) is 0.463. The van der Waals surface area contributed by atoms with Crippen molar-refractivity contribution in [3.8, 4) is 11.9 Å². The van der Waals surface area contributed by atoms with Gasteiger partial charge in [0, 0.05) is 12.1 Å². The van der Waals surface area contributed by atoms with Crippen LogP contribution >= 0.6 is 11.6 Å². The Morgan fingerprint density at radius 3 is 2.52 bits per heavy atom. The van der Waals surface area contributed by atoms with E-state index >= 15 is 0 Å². The maximum absolute atomic E-state index is 13.0. The van der Waals surface area contributed by atoms with Crippen LogP contribution in [0.3, 0.4) is 0 Å². The van der Waals surface area contributed by atoms with Crippen molar-refractivity contribution in [3.63, 3.8) is 0 Å². The minimum Gasteiger partial charge on any atom is -0.493 e. The summed E-state index contributed by atoms with van der Waals surface area (Å²) < 4.78 is 1.09. The van der Waals surface area contributed by atoms with Gasteiger partial charge in [0.2, 0.25) is 5.88 Å². The Bertz CT molecular complexity index is 1280. The molecule has 0 radical (unpaired) electrons. The molecule has 0 fully saturated rings. The highest BCUT2D eigenvalue weighted by molar-refractivity contribution is 6.33. The summed E-state index contributed by atoms with van der Waals surface area (Å²) in [5.41, 5.74) is 0.540. The molecule has 0 aliphatic rings. The predicted octanol–water partition coefficient (Wildman–Crippen LogP) is 4.74. The number of carboxylic acids is 1. The predicted molar refractivity (Wildman–Crippen MR) is 115 cm³/mol. The van der Waals surface area contributed by atoms with E-state index in [0.717, 1.165) is 10.1 Å². The van der Waals surface area contributed by atoms with E-state index in [2.05, 4.69) is 10.2 Å². The molecular weight excluding hydrogens is 420 g/mol. The quantitative estimate of drug-likeness (QED) is 0.539. The molecular formula is C22H17ClN4O4. The van der Waals surface area contributed by atoms with Gasteiger partial charge in [0.1, 0.15) is 11.6 Å². The fourth-order valence-electron chi connectivity index (χ4n) is 3.00. The van der Waals surface area contributed by atoms with Gasteiger partial charge >= 0.3 is 5.97 Å². The Morgan fingerprint density at radius 2 is 1.90 bits per heavy atom. The van der Waals surface area contributed by atoms with Gasteiger partial charge < -0.3 is 10.2 Å². The second-order valence-electron chi connectivity index (χ2n) is 6.65. The third-order valence-corrected chi connectivity index (χ3v) is 5.00. The zero-order valence-electron chi connectivity index (χ0n) is 16.4. The van der Waals surface area contributed by atoms with E-state index in [0.29, 0.717) is 6.42 Å². The number of carboxylic acid groups (broad SMARTS) is 1. The van der Waals surface area contributed by atoms with Crippen molar-refractivity contribution in [1.29, 1.82) is 5.26 Å². The number of aryl methyl sites for hydroxylation is 1. The third-order valence-electron chi connectivity index (χ3n) is 4.68. The van der Waals surface area contributed by atoms with E-state index < -0.39 is 17.4 Å². The molecule has 31 heavy (non-hydrogen) atoms. The monoisotopic (exact) mass is 436 g/mol. The molecule has 3 rings (SSSR count). The van der Waals surface area contributed by atoms with Crippen LogP contribution in [0, 0.1) is 18.3 Å². The topological polar surface area (TPSA) is 128 Å². The van der Waals surface area contributed by atoms with Gasteiger partial charge in [0.25, 0.3) is 5.56 Å². The van der Waals surface area contributed by atoms with E-state index in [1.165, 1.54) is 25.1 Å². The van der Waals surface area contributed by atoms with Crippen molar-refractivity contribution in [2.75, 3.05) is 0 Å². The first-order valence-electron chi connectivity index (χ1n) is 9.18. The molecule has 0 spiro atoms. The van der Waals surface area contributed by atoms with Crippen LogP contribution in [0.2, 0.25) is 5.02 Å². The summed E-state index contributed by atoms with van der Waals surface area (Å²) in [7, 11) is 0. The standard InChI is InChI=1S/C22H17ClN4O4/c1-13-17(12-24)20(28)27(10-9-14-5-3-2-4-6-14)21(29)19(13)26-25-15-7-8-16(22(30)31)18(23)11-15/h2-8,11,28H,9-10H2,1H3,(H,30,31). The van der Waals surface area contributed by atoms with Crippen molar-refractivity contribution in [2.24, 2.45) is 10.2 Å². The van der Waals surface area contributed by atoms with Crippen molar-refractivity contribution in [1.82, 2.24) is 4.57 Å². The van der Waals surface area contributed by atoms with Crippen LogP contribution in [-0.4, -0.2) is 20.7 Å². The summed E-state index contributed by atoms with van der Waals surface area (Å²) in [6, 6.07) is 15.3. The summed E-state index contributed by atoms with van der Waals surface area (Å²) >= 11 is 5.94. The zero-order chi connectivity index (χ0) is 22.5. The average Bonchev–Trinajstić information content (AvgIpc) is 2.74. The van der Waals surface area contributed by atoms with Crippen molar-refractivity contribution >= 4 is 28.9 Å². The molecule has 3 aromatic rings. The second kappa shape index (κ2) is 9.24. The van der Waals surface area contributed by atoms with Gasteiger partial charge in [-0.1, -0.05) is 41.9 Å².